The van der Waals surface area contributed by atoms with Crippen molar-refractivity contribution < 1.29 is 18.7 Å². The first-order chi connectivity index (χ1) is 13.5. The molecule has 0 aliphatic carbocycles. The average molecular weight is 396 g/mol. The van der Waals surface area contributed by atoms with Crippen molar-refractivity contribution in [1.29, 1.82) is 0 Å². The zero-order valence-corrected chi connectivity index (χ0v) is 16.4. The number of thioether (sulfide) groups is 1. The summed E-state index contributed by atoms with van der Waals surface area (Å²) in [6.07, 6.45) is -0.0544. The molecular weight excluding hydrogens is 376 g/mol. The highest BCUT2D eigenvalue weighted by atomic mass is 32.2. The number of nitrogens with zero attached hydrogens (tertiary/aromatic N) is 2. The number of ether oxygens (including phenoxy) is 1. The SMILES string of the molecule is C[C@H](OC(=O)CSc1nc2ccccc2o1)C(=O)N1c2ccccc2C[C@H]1C. The Hall–Kier alpha value is -2.80. The first kappa shape index (κ1) is 18.6. The van der Waals surface area contributed by atoms with Crippen LogP contribution in [-0.4, -0.2) is 34.8 Å². The van der Waals surface area contributed by atoms with E-state index >= 15 is 0 Å². The van der Waals surface area contributed by atoms with E-state index in [1.54, 1.807) is 11.8 Å². The molecule has 0 bridgehead atoms. The van der Waals surface area contributed by atoms with Gasteiger partial charge in [-0.1, -0.05) is 42.1 Å². The van der Waals surface area contributed by atoms with Crippen LogP contribution in [0.4, 0.5) is 5.69 Å². The molecule has 0 radical (unpaired) electrons. The summed E-state index contributed by atoms with van der Waals surface area (Å²) in [5.41, 5.74) is 3.43. The Kier molecular flexibility index (Phi) is 5.09. The third-order valence-electron chi connectivity index (χ3n) is 4.69. The van der Waals surface area contributed by atoms with Crippen LogP contribution in [0.25, 0.3) is 11.1 Å². The number of carbonyl (C=O) groups excluding carboxylic acids is 2. The molecule has 144 valence electrons. The van der Waals surface area contributed by atoms with Gasteiger partial charge in [-0.2, -0.15) is 0 Å². The van der Waals surface area contributed by atoms with Gasteiger partial charge in [0.15, 0.2) is 11.7 Å². The molecule has 0 spiro atoms. The number of fused-ring (bicyclic) bond motifs is 2. The van der Waals surface area contributed by atoms with Crippen molar-refractivity contribution in [3.63, 3.8) is 0 Å². The highest BCUT2D eigenvalue weighted by Crippen LogP contribution is 2.32. The van der Waals surface area contributed by atoms with E-state index in [-0.39, 0.29) is 17.7 Å². The Morgan fingerprint density at radius 1 is 1.25 bits per heavy atom. The lowest BCUT2D eigenvalue weighted by Gasteiger charge is -2.25. The van der Waals surface area contributed by atoms with Crippen molar-refractivity contribution in [2.75, 3.05) is 10.7 Å². The molecule has 2 heterocycles. The minimum Gasteiger partial charge on any atom is -0.452 e. The molecule has 4 rings (SSSR count). The Morgan fingerprint density at radius 2 is 2.00 bits per heavy atom. The van der Waals surface area contributed by atoms with Gasteiger partial charge in [0.05, 0.1) is 0 Å². The Labute approximate surface area is 166 Å². The quantitative estimate of drug-likeness (QED) is 0.482. The number of rotatable bonds is 5. The van der Waals surface area contributed by atoms with Gasteiger partial charge in [-0.25, -0.2) is 4.98 Å². The van der Waals surface area contributed by atoms with Gasteiger partial charge in [0.25, 0.3) is 11.1 Å². The predicted octanol–water partition coefficient (Wildman–Crippen LogP) is 3.83. The van der Waals surface area contributed by atoms with E-state index < -0.39 is 12.1 Å². The topological polar surface area (TPSA) is 72.6 Å². The molecule has 0 unspecified atom stereocenters. The highest BCUT2D eigenvalue weighted by molar-refractivity contribution is 7.99. The van der Waals surface area contributed by atoms with Crippen LogP contribution in [0.1, 0.15) is 19.4 Å². The molecule has 2 atom stereocenters. The van der Waals surface area contributed by atoms with Crippen LogP contribution < -0.4 is 4.90 Å². The molecule has 0 saturated carbocycles. The average Bonchev–Trinajstić information content (AvgIpc) is 3.25. The summed E-state index contributed by atoms with van der Waals surface area (Å²) in [6, 6.07) is 15.3. The number of oxazole rings is 1. The lowest BCUT2D eigenvalue weighted by Crippen LogP contribution is -2.43. The molecule has 1 aromatic heterocycles. The lowest BCUT2D eigenvalue weighted by atomic mass is 10.1. The maximum Gasteiger partial charge on any atom is 0.317 e. The minimum absolute atomic E-state index is 0.0244. The third kappa shape index (κ3) is 3.62. The van der Waals surface area contributed by atoms with E-state index in [2.05, 4.69) is 4.98 Å². The maximum absolute atomic E-state index is 12.9. The largest absolute Gasteiger partial charge is 0.452 e. The van der Waals surface area contributed by atoms with Crippen LogP contribution in [0.3, 0.4) is 0 Å². The van der Waals surface area contributed by atoms with Crippen molar-refractivity contribution in [3.8, 4) is 0 Å². The number of hydrogen-bond donors (Lipinski definition) is 0. The highest BCUT2D eigenvalue weighted by Gasteiger charge is 2.34. The fourth-order valence-corrected chi connectivity index (χ4v) is 4.03. The van der Waals surface area contributed by atoms with Crippen LogP contribution in [0, 0.1) is 0 Å². The molecule has 1 aliphatic heterocycles. The molecule has 3 aromatic rings. The molecule has 0 fully saturated rings. The smallest absolute Gasteiger partial charge is 0.317 e. The minimum atomic E-state index is -0.856. The number of aromatic nitrogens is 1. The van der Waals surface area contributed by atoms with Gasteiger partial charge in [0.2, 0.25) is 0 Å². The zero-order chi connectivity index (χ0) is 19.7. The van der Waals surface area contributed by atoms with E-state index in [1.165, 1.54) is 0 Å². The van der Waals surface area contributed by atoms with Crippen LogP contribution >= 0.6 is 11.8 Å². The van der Waals surface area contributed by atoms with Gasteiger partial charge in [-0.15, -0.1) is 0 Å². The number of carbonyl (C=O) groups is 2. The zero-order valence-electron chi connectivity index (χ0n) is 15.6. The van der Waals surface area contributed by atoms with E-state index in [0.29, 0.717) is 10.8 Å². The van der Waals surface area contributed by atoms with Crippen LogP contribution in [-0.2, 0) is 20.7 Å². The number of benzene rings is 2. The van der Waals surface area contributed by atoms with Crippen molar-refractivity contribution in [2.24, 2.45) is 0 Å². The normalized spacial score (nSPS) is 16.8. The van der Waals surface area contributed by atoms with Gasteiger partial charge in [-0.05, 0) is 44.0 Å². The molecule has 1 amide bonds. The number of hydrogen-bond acceptors (Lipinski definition) is 6. The standard InChI is InChI=1S/C21H20N2O4S/c1-13-11-15-7-3-5-9-17(15)23(13)20(25)14(2)26-19(24)12-28-21-22-16-8-4-6-10-18(16)27-21/h3-10,13-14H,11-12H2,1-2H3/t13-,14+/m1/s1. The second-order valence-electron chi connectivity index (χ2n) is 6.76. The summed E-state index contributed by atoms with van der Waals surface area (Å²) in [7, 11) is 0. The Bertz CT molecular complexity index is 999. The van der Waals surface area contributed by atoms with E-state index in [1.807, 2.05) is 55.5 Å². The first-order valence-electron chi connectivity index (χ1n) is 9.12. The number of para-hydroxylation sites is 3. The third-order valence-corrected chi connectivity index (χ3v) is 5.49. The van der Waals surface area contributed by atoms with Crippen LogP contribution in [0.5, 0.6) is 0 Å². The summed E-state index contributed by atoms with van der Waals surface area (Å²) in [5.74, 6) is -0.665. The first-order valence-corrected chi connectivity index (χ1v) is 10.1. The Balaban J connectivity index is 1.36. The lowest BCUT2D eigenvalue weighted by molar-refractivity contribution is -0.151. The van der Waals surface area contributed by atoms with Crippen molar-refractivity contribution in [3.05, 3.63) is 54.1 Å². The van der Waals surface area contributed by atoms with Gasteiger partial charge >= 0.3 is 5.97 Å². The molecule has 6 nitrogen and oxygen atoms in total. The molecule has 0 N–H and O–H groups in total. The van der Waals surface area contributed by atoms with Crippen LogP contribution in [0.2, 0.25) is 0 Å². The van der Waals surface area contributed by atoms with Gasteiger partial charge < -0.3 is 14.1 Å². The van der Waals surface area contributed by atoms with Gasteiger partial charge in [0, 0.05) is 11.7 Å². The molecule has 28 heavy (non-hydrogen) atoms. The second-order valence-corrected chi connectivity index (χ2v) is 7.68. The van der Waals surface area contributed by atoms with Gasteiger partial charge in [0.1, 0.15) is 11.3 Å². The van der Waals surface area contributed by atoms with E-state index in [0.717, 1.165) is 35.0 Å². The summed E-state index contributed by atoms with van der Waals surface area (Å²) in [5, 5.41) is 0.402. The van der Waals surface area contributed by atoms with Crippen molar-refractivity contribution in [1.82, 2.24) is 4.98 Å². The number of amides is 1. The number of esters is 1. The second kappa shape index (κ2) is 7.67. The molecule has 1 aliphatic rings. The maximum atomic E-state index is 12.9. The summed E-state index contributed by atoms with van der Waals surface area (Å²) in [6.45, 7) is 3.60. The molecule has 7 heteroatoms. The number of anilines is 1. The summed E-state index contributed by atoms with van der Waals surface area (Å²) in [4.78, 5) is 31.1. The molecule has 2 aromatic carbocycles. The molecular formula is C21H20N2O4S. The van der Waals surface area contributed by atoms with Gasteiger partial charge in [-0.3, -0.25) is 9.59 Å². The van der Waals surface area contributed by atoms with Crippen molar-refractivity contribution >= 4 is 40.4 Å². The Morgan fingerprint density at radius 3 is 2.82 bits per heavy atom. The van der Waals surface area contributed by atoms with Crippen molar-refractivity contribution in [2.45, 2.75) is 37.6 Å². The van der Waals surface area contributed by atoms with Crippen LogP contribution in [0.15, 0.2) is 58.2 Å². The fourth-order valence-electron chi connectivity index (χ4n) is 3.41. The fraction of sp³-hybridized carbons (Fsp3) is 0.286. The monoisotopic (exact) mass is 396 g/mol. The van der Waals surface area contributed by atoms with E-state index in [9.17, 15) is 9.59 Å². The summed E-state index contributed by atoms with van der Waals surface area (Å²) >= 11 is 1.15. The van der Waals surface area contributed by atoms with E-state index in [4.69, 9.17) is 9.15 Å². The molecule has 0 saturated heterocycles. The summed E-state index contributed by atoms with van der Waals surface area (Å²) < 4.78 is 10.9. The predicted molar refractivity (Wildman–Crippen MR) is 107 cm³/mol.